The average molecular weight is 221 g/mol. The van der Waals surface area contributed by atoms with Crippen molar-refractivity contribution in [2.24, 2.45) is 0 Å². The molecule has 0 bridgehead atoms. The van der Waals surface area contributed by atoms with E-state index in [-0.39, 0.29) is 12.5 Å². The lowest BCUT2D eigenvalue weighted by Gasteiger charge is -2.07. The van der Waals surface area contributed by atoms with Gasteiger partial charge in [0.05, 0.1) is 0 Å². The lowest BCUT2D eigenvalue weighted by Crippen LogP contribution is -2.29. The highest BCUT2D eigenvalue weighted by molar-refractivity contribution is 5.77. The number of rotatable bonds is 6. The summed E-state index contributed by atoms with van der Waals surface area (Å²) in [6.07, 6.45) is 0.866. The van der Waals surface area contributed by atoms with Crippen molar-refractivity contribution in [3.63, 3.8) is 0 Å². The maximum atomic E-state index is 11.2. The zero-order valence-electron chi connectivity index (χ0n) is 9.95. The lowest BCUT2D eigenvalue weighted by molar-refractivity contribution is -0.125. The summed E-state index contributed by atoms with van der Waals surface area (Å²) in [6.45, 7) is 5.35. The van der Waals surface area contributed by atoms with Gasteiger partial charge in [-0.1, -0.05) is 24.3 Å². The molecule has 0 unspecified atom stereocenters. The minimum Gasteiger partial charge on any atom is -0.372 e. The Bertz CT molecular complexity index is 336. The number of benzene rings is 1. The first-order chi connectivity index (χ1) is 7.74. The Morgan fingerprint density at radius 1 is 1.38 bits per heavy atom. The fourth-order valence-electron chi connectivity index (χ4n) is 1.47. The van der Waals surface area contributed by atoms with E-state index < -0.39 is 0 Å². The molecule has 0 aromatic heterocycles. The molecule has 0 spiro atoms. The summed E-state index contributed by atoms with van der Waals surface area (Å²) < 4.78 is 5.01. The molecule has 3 heteroatoms. The molecule has 0 aliphatic heterocycles. The van der Waals surface area contributed by atoms with E-state index in [9.17, 15) is 4.79 Å². The number of hydrogen-bond donors (Lipinski definition) is 1. The maximum Gasteiger partial charge on any atom is 0.246 e. The van der Waals surface area contributed by atoms with Gasteiger partial charge >= 0.3 is 0 Å². The third kappa shape index (κ3) is 4.45. The highest BCUT2D eigenvalue weighted by Gasteiger charge is 2.01. The number of hydrogen-bond acceptors (Lipinski definition) is 2. The first kappa shape index (κ1) is 12.7. The molecule has 16 heavy (non-hydrogen) atoms. The molecule has 0 fully saturated rings. The Labute approximate surface area is 96.8 Å². The second kappa shape index (κ2) is 7.01. The van der Waals surface area contributed by atoms with Crippen molar-refractivity contribution >= 4 is 5.91 Å². The van der Waals surface area contributed by atoms with Gasteiger partial charge in [-0.15, -0.1) is 0 Å². The minimum absolute atomic E-state index is 0.0459. The van der Waals surface area contributed by atoms with Gasteiger partial charge in [0.15, 0.2) is 0 Å². The van der Waals surface area contributed by atoms with E-state index in [4.69, 9.17) is 4.74 Å². The van der Waals surface area contributed by atoms with E-state index in [1.165, 1.54) is 11.1 Å². The molecule has 1 aromatic carbocycles. The van der Waals surface area contributed by atoms with Crippen molar-refractivity contribution < 1.29 is 9.53 Å². The third-order valence-electron chi connectivity index (χ3n) is 2.42. The van der Waals surface area contributed by atoms with Crippen LogP contribution in [0.1, 0.15) is 18.1 Å². The third-order valence-corrected chi connectivity index (χ3v) is 2.42. The van der Waals surface area contributed by atoms with Gasteiger partial charge in [-0.05, 0) is 31.4 Å². The first-order valence-corrected chi connectivity index (χ1v) is 5.63. The molecule has 1 amide bonds. The normalized spacial score (nSPS) is 10.1. The summed E-state index contributed by atoms with van der Waals surface area (Å²) in [6, 6.07) is 8.21. The molecule has 0 aliphatic rings. The van der Waals surface area contributed by atoms with Crippen LogP contribution in [0.3, 0.4) is 0 Å². The largest absolute Gasteiger partial charge is 0.372 e. The van der Waals surface area contributed by atoms with E-state index in [1.54, 1.807) is 0 Å². The van der Waals surface area contributed by atoms with E-state index in [1.807, 2.05) is 19.1 Å². The Morgan fingerprint density at radius 3 is 2.81 bits per heavy atom. The van der Waals surface area contributed by atoms with E-state index in [0.29, 0.717) is 13.2 Å². The summed E-state index contributed by atoms with van der Waals surface area (Å²) in [5, 5.41) is 2.83. The van der Waals surface area contributed by atoms with Gasteiger partial charge in [0.25, 0.3) is 0 Å². The molecule has 0 radical (unpaired) electrons. The van der Waals surface area contributed by atoms with Gasteiger partial charge in [-0.2, -0.15) is 0 Å². The molecule has 0 saturated carbocycles. The highest BCUT2D eigenvalue weighted by Crippen LogP contribution is 2.06. The van der Waals surface area contributed by atoms with Crippen molar-refractivity contribution in [3.05, 3.63) is 35.4 Å². The molecule has 1 rings (SSSR count). The van der Waals surface area contributed by atoms with Crippen LogP contribution in [0.4, 0.5) is 0 Å². The van der Waals surface area contributed by atoms with E-state index in [2.05, 4.69) is 24.4 Å². The number of aryl methyl sites for hydroxylation is 1. The van der Waals surface area contributed by atoms with Crippen LogP contribution in [-0.2, 0) is 16.0 Å². The van der Waals surface area contributed by atoms with Gasteiger partial charge in [-0.3, -0.25) is 4.79 Å². The Balaban J connectivity index is 2.25. The van der Waals surface area contributed by atoms with Crippen LogP contribution in [0.2, 0.25) is 0 Å². The maximum absolute atomic E-state index is 11.2. The van der Waals surface area contributed by atoms with Crippen molar-refractivity contribution in [3.8, 4) is 0 Å². The van der Waals surface area contributed by atoms with Gasteiger partial charge < -0.3 is 10.1 Å². The van der Waals surface area contributed by atoms with Gasteiger partial charge in [-0.25, -0.2) is 0 Å². The zero-order valence-corrected chi connectivity index (χ0v) is 9.95. The van der Waals surface area contributed by atoms with Crippen LogP contribution in [-0.4, -0.2) is 25.7 Å². The van der Waals surface area contributed by atoms with E-state index >= 15 is 0 Å². The molecule has 3 nitrogen and oxygen atoms in total. The SMILES string of the molecule is CCOCC(=O)NCCc1ccccc1C. The van der Waals surface area contributed by atoms with Crippen LogP contribution >= 0.6 is 0 Å². The number of nitrogens with one attached hydrogen (secondary N) is 1. The van der Waals surface area contributed by atoms with Crippen LogP contribution in [0.15, 0.2) is 24.3 Å². The van der Waals surface area contributed by atoms with Crippen molar-refractivity contribution in [2.45, 2.75) is 20.3 Å². The summed E-state index contributed by atoms with van der Waals surface area (Å²) in [7, 11) is 0. The fourth-order valence-corrected chi connectivity index (χ4v) is 1.47. The molecule has 1 N–H and O–H groups in total. The number of carbonyl (C=O) groups excluding carboxylic acids is 1. The molecule has 0 atom stereocenters. The first-order valence-electron chi connectivity index (χ1n) is 5.63. The summed E-state index contributed by atoms with van der Waals surface area (Å²) >= 11 is 0. The number of amides is 1. The lowest BCUT2D eigenvalue weighted by atomic mass is 10.1. The van der Waals surface area contributed by atoms with Gasteiger partial charge in [0, 0.05) is 13.2 Å². The summed E-state index contributed by atoms with van der Waals surface area (Å²) in [4.78, 5) is 11.2. The Morgan fingerprint density at radius 2 is 2.12 bits per heavy atom. The monoisotopic (exact) mass is 221 g/mol. The summed E-state index contributed by atoms with van der Waals surface area (Å²) in [5.74, 6) is -0.0459. The van der Waals surface area contributed by atoms with Crippen LogP contribution in [0, 0.1) is 6.92 Å². The van der Waals surface area contributed by atoms with Crippen LogP contribution in [0.25, 0.3) is 0 Å². The zero-order chi connectivity index (χ0) is 11.8. The Kier molecular flexibility index (Phi) is 5.57. The van der Waals surface area contributed by atoms with Crippen LogP contribution in [0.5, 0.6) is 0 Å². The van der Waals surface area contributed by atoms with Gasteiger partial charge in [0.2, 0.25) is 5.91 Å². The predicted octanol–water partition coefficient (Wildman–Crippen LogP) is 1.69. The highest BCUT2D eigenvalue weighted by atomic mass is 16.5. The molecular weight excluding hydrogens is 202 g/mol. The second-order valence-electron chi connectivity index (χ2n) is 3.66. The smallest absolute Gasteiger partial charge is 0.246 e. The standard InChI is InChI=1S/C13H19NO2/c1-3-16-10-13(15)14-9-8-12-7-5-4-6-11(12)2/h4-7H,3,8-10H2,1-2H3,(H,14,15). The Hall–Kier alpha value is -1.35. The topological polar surface area (TPSA) is 38.3 Å². The predicted molar refractivity (Wildman–Crippen MR) is 64.4 cm³/mol. The molecule has 0 aliphatic carbocycles. The number of ether oxygens (including phenoxy) is 1. The molecular formula is C13H19NO2. The average Bonchev–Trinajstić information content (AvgIpc) is 2.29. The molecule has 88 valence electrons. The van der Waals surface area contributed by atoms with E-state index in [0.717, 1.165) is 6.42 Å². The fraction of sp³-hybridized carbons (Fsp3) is 0.462. The van der Waals surface area contributed by atoms with Crippen LogP contribution < -0.4 is 5.32 Å². The van der Waals surface area contributed by atoms with Gasteiger partial charge in [0.1, 0.15) is 6.61 Å². The van der Waals surface area contributed by atoms with Crippen molar-refractivity contribution in [1.29, 1.82) is 0 Å². The minimum atomic E-state index is -0.0459. The number of carbonyl (C=O) groups is 1. The van der Waals surface area contributed by atoms with Crippen molar-refractivity contribution in [2.75, 3.05) is 19.8 Å². The van der Waals surface area contributed by atoms with Crippen molar-refractivity contribution in [1.82, 2.24) is 5.32 Å². The molecule has 0 saturated heterocycles. The molecule has 1 aromatic rings. The second-order valence-corrected chi connectivity index (χ2v) is 3.66. The molecule has 0 heterocycles. The quantitative estimate of drug-likeness (QED) is 0.794. The summed E-state index contributed by atoms with van der Waals surface area (Å²) in [5.41, 5.74) is 2.54.